The lowest BCUT2D eigenvalue weighted by Gasteiger charge is -2.44. The molecule has 2 aliphatic rings. The van der Waals surface area contributed by atoms with Crippen LogP contribution in [0.4, 0.5) is 5.82 Å². The molecule has 32 heavy (non-hydrogen) atoms. The molecule has 2 bridgehead atoms. The summed E-state index contributed by atoms with van der Waals surface area (Å²) in [5, 5.41) is 22.6. The van der Waals surface area contributed by atoms with Gasteiger partial charge in [0.2, 0.25) is 0 Å². The molecule has 7 heteroatoms. The second kappa shape index (κ2) is 7.22. The van der Waals surface area contributed by atoms with Crippen molar-refractivity contribution < 1.29 is 14.3 Å². The zero-order valence-electron chi connectivity index (χ0n) is 19.1. The number of nitrogens with zero attached hydrogens (tertiary/aromatic N) is 3. The Morgan fingerprint density at radius 3 is 2.50 bits per heavy atom. The molecule has 1 unspecified atom stereocenters. The summed E-state index contributed by atoms with van der Waals surface area (Å²) >= 11 is 0. The van der Waals surface area contributed by atoms with Gasteiger partial charge >= 0.3 is 0 Å². The summed E-state index contributed by atoms with van der Waals surface area (Å²) in [7, 11) is 3.66. The van der Waals surface area contributed by atoms with Gasteiger partial charge in [-0.3, -0.25) is 4.79 Å². The molecule has 0 radical (unpaired) electrons. The Morgan fingerprint density at radius 1 is 1.16 bits per heavy atom. The van der Waals surface area contributed by atoms with Crippen molar-refractivity contribution in [3.05, 3.63) is 36.1 Å². The third-order valence-corrected chi connectivity index (χ3v) is 7.56. The number of aromatic nitrogens is 2. The molecular weight excluding hydrogens is 404 g/mol. The van der Waals surface area contributed by atoms with Crippen LogP contribution in [-0.4, -0.2) is 41.3 Å². The fourth-order valence-corrected chi connectivity index (χ4v) is 6.00. The molecule has 0 spiro atoms. The number of fused-ring (bicyclic) bond motifs is 3. The van der Waals surface area contributed by atoms with E-state index in [2.05, 4.69) is 41.3 Å². The molecule has 2 aromatic heterocycles. The number of anilines is 1. The minimum Gasteiger partial charge on any atom is -0.507 e. The van der Waals surface area contributed by atoms with Crippen LogP contribution in [-0.2, 0) is 0 Å². The van der Waals surface area contributed by atoms with Crippen molar-refractivity contribution in [3.63, 3.8) is 0 Å². The van der Waals surface area contributed by atoms with Crippen molar-refractivity contribution in [2.75, 3.05) is 19.0 Å². The lowest BCUT2D eigenvalue weighted by atomic mass is 9.68. The van der Waals surface area contributed by atoms with Crippen molar-refractivity contribution in [3.8, 4) is 17.0 Å². The Kier molecular flexibility index (Phi) is 4.69. The van der Waals surface area contributed by atoms with Crippen molar-refractivity contribution in [2.24, 2.45) is 10.8 Å². The van der Waals surface area contributed by atoms with Crippen LogP contribution in [0.25, 0.3) is 22.2 Å². The third kappa shape index (κ3) is 3.49. The lowest BCUT2D eigenvalue weighted by molar-refractivity contribution is 0.0938. The largest absolute Gasteiger partial charge is 0.507 e. The summed E-state index contributed by atoms with van der Waals surface area (Å²) in [6.07, 6.45) is 6.33. The fourth-order valence-electron chi connectivity index (χ4n) is 6.00. The molecule has 1 aromatic carbocycles. The Balaban J connectivity index is 1.40. The third-order valence-electron chi connectivity index (χ3n) is 7.56. The van der Waals surface area contributed by atoms with E-state index in [4.69, 9.17) is 4.42 Å². The van der Waals surface area contributed by atoms with Gasteiger partial charge in [-0.15, -0.1) is 10.2 Å². The number of phenolic OH excluding ortho intramolecular Hbond substituents is 1. The van der Waals surface area contributed by atoms with Crippen LogP contribution in [0.1, 0.15) is 56.5 Å². The second-order valence-corrected chi connectivity index (χ2v) is 10.3. The number of nitrogens with one attached hydrogen (secondary N) is 1. The first-order valence-corrected chi connectivity index (χ1v) is 11.2. The van der Waals surface area contributed by atoms with Crippen LogP contribution in [0.2, 0.25) is 0 Å². The molecule has 2 fully saturated rings. The summed E-state index contributed by atoms with van der Waals surface area (Å²) in [5.41, 5.74) is 2.45. The summed E-state index contributed by atoms with van der Waals surface area (Å²) < 4.78 is 5.64. The lowest BCUT2D eigenvalue weighted by Crippen LogP contribution is -2.42. The number of phenols is 1. The molecule has 168 valence electrons. The standard InChI is InChI=1S/C25H30N4O3/c1-24-7-8-25(2,14-24)13-16(12-24)29(4)22-6-5-18(27-28-22)17-11-20-15(9-19(17)30)10-21(32-20)23(31)26-3/h5-6,9-11,16,30H,7-8,12-14H2,1-4H3,(H,26,31)/t16?,24-,25+. The van der Waals surface area contributed by atoms with Gasteiger partial charge in [-0.25, -0.2) is 0 Å². The number of carbonyl (C=O) groups is 1. The molecule has 0 saturated heterocycles. The molecule has 2 heterocycles. The zero-order valence-corrected chi connectivity index (χ0v) is 19.1. The molecular formula is C25H30N4O3. The van der Waals surface area contributed by atoms with Crippen LogP contribution < -0.4 is 10.2 Å². The molecule has 7 nitrogen and oxygen atoms in total. The van der Waals surface area contributed by atoms with Gasteiger partial charge in [0.05, 0.1) is 5.69 Å². The first kappa shape index (κ1) is 20.8. The number of hydrogen-bond donors (Lipinski definition) is 2. The highest BCUT2D eigenvalue weighted by Crippen LogP contribution is 2.58. The Hall–Kier alpha value is -3.09. The number of furan rings is 1. The van der Waals surface area contributed by atoms with Crippen LogP contribution in [0.5, 0.6) is 5.75 Å². The SMILES string of the molecule is CNC(=O)c1cc2cc(O)c(-c3ccc(N(C)C4C[C@]5(C)CC[C@](C)(C4)C5)nn3)cc2o1. The quantitative estimate of drug-likeness (QED) is 0.616. The predicted molar refractivity (Wildman–Crippen MR) is 124 cm³/mol. The monoisotopic (exact) mass is 434 g/mol. The predicted octanol–water partition coefficient (Wildman–Crippen LogP) is 4.75. The Bertz CT molecular complexity index is 1170. The summed E-state index contributed by atoms with van der Waals surface area (Å²) in [6.45, 7) is 4.85. The van der Waals surface area contributed by atoms with E-state index in [1.807, 2.05) is 12.1 Å². The number of carbonyl (C=O) groups excluding carboxylic acids is 1. The van der Waals surface area contributed by atoms with E-state index >= 15 is 0 Å². The van der Waals surface area contributed by atoms with Crippen LogP contribution in [0, 0.1) is 10.8 Å². The van der Waals surface area contributed by atoms with E-state index in [-0.39, 0.29) is 17.4 Å². The van der Waals surface area contributed by atoms with Gasteiger partial charge in [-0.05, 0) is 73.3 Å². The van der Waals surface area contributed by atoms with Gasteiger partial charge in [0.25, 0.3) is 5.91 Å². The van der Waals surface area contributed by atoms with E-state index in [0.29, 0.717) is 39.1 Å². The molecule has 3 aromatic rings. The van der Waals surface area contributed by atoms with Gasteiger partial charge < -0.3 is 19.7 Å². The second-order valence-electron chi connectivity index (χ2n) is 10.3. The Morgan fingerprint density at radius 2 is 1.88 bits per heavy atom. The number of aromatic hydroxyl groups is 1. The van der Waals surface area contributed by atoms with E-state index in [9.17, 15) is 9.90 Å². The molecule has 5 rings (SSSR count). The summed E-state index contributed by atoms with van der Waals surface area (Å²) in [4.78, 5) is 14.1. The number of amides is 1. The Labute approximate surface area is 187 Å². The van der Waals surface area contributed by atoms with Gasteiger partial charge in [-0.2, -0.15) is 0 Å². The van der Waals surface area contributed by atoms with Crippen molar-refractivity contribution >= 4 is 22.7 Å². The van der Waals surface area contributed by atoms with Crippen LogP contribution in [0.3, 0.4) is 0 Å². The van der Waals surface area contributed by atoms with E-state index < -0.39 is 0 Å². The number of benzene rings is 1. The van der Waals surface area contributed by atoms with Crippen molar-refractivity contribution in [2.45, 2.75) is 52.0 Å². The first-order chi connectivity index (χ1) is 15.2. The highest BCUT2D eigenvalue weighted by molar-refractivity contribution is 5.97. The molecule has 2 saturated carbocycles. The summed E-state index contributed by atoms with van der Waals surface area (Å²) in [5.74, 6) is 0.800. The zero-order chi connectivity index (χ0) is 22.7. The number of hydrogen-bond acceptors (Lipinski definition) is 6. The maximum atomic E-state index is 11.8. The maximum absolute atomic E-state index is 11.8. The number of rotatable bonds is 4. The van der Waals surface area contributed by atoms with Crippen molar-refractivity contribution in [1.29, 1.82) is 0 Å². The van der Waals surface area contributed by atoms with E-state index in [0.717, 1.165) is 5.82 Å². The van der Waals surface area contributed by atoms with Gasteiger partial charge in [-0.1, -0.05) is 13.8 Å². The normalized spacial score (nSPS) is 26.9. The van der Waals surface area contributed by atoms with Crippen molar-refractivity contribution in [1.82, 2.24) is 15.5 Å². The molecule has 2 aliphatic carbocycles. The van der Waals surface area contributed by atoms with E-state index in [1.165, 1.54) is 32.1 Å². The average molecular weight is 435 g/mol. The topological polar surface area (TPSA) is 91.5 Å². The minimum atomic E-state index is -0.312. The van der Waals surface area contributed by atoms with E-state index in [1.54, 1.807) is 25.2 Å². The molecule has 3 atom stereocenters. The first-order valence-electron chi connectivity index (χ1n) is 11.2. The summed E-state index contributed by atoms with van der Waals surface area (Å²) in [6, 6.07) is 9.19. The maximum Gasteiger partial charge on any atom is 0.286 e. The minimum absolute atomic E-state index is 0.0712. The van der Waals surface area contributed by atoms with Gasteiger partial charge in [0, 0.05) is 31.1 Å². The van der Waals surface area contributed by atoms with Crippen LogP contribution in [0.15, 0.2) is 34.7 Å². The highest BCUT2D eigenvalue weighted by Gasteiger charge is 2.50. The highest BCUT2D eigenvalue weighted by atomic mass is 16.3. The molecule has 2 N–H and O–H groups in total. The van der Waals surface area contributed by atoms with Gasteiger partial charge in [0.1, 0.15) is 11.3 Å². The fraction of sp³-hybridized carbons (Fsp3) is 0.480. The molecule has 1 amide bonds. The van der Waals surface area contributed by atoms with Crippen LogP contribution >= 0.6 is 0 Å². The smallest absolute Gasteiger partial charge is 0.286 e. The molecule has 0 aliphatic heterocycles. The van der Waals surface area contributed by atoms with Gasteiger partial charge in [0.15, 0.2) is 11.6 Å². The average Bonchev–Trinajstić information content (AvgIpc) is 3.28.